The zero-order valence-electron chi connectivity index (χ0n) is 17.3. The van der Waals surface area contributed by atoms with Crippen LogP contribution in [0.25, 0.3) is 22.6 Å². The second-order valence-corrected chi connectivity index (χ2v) is 7.29. The Kier molecular flexibility index (Phi) is 5.47. The second-order valence-electron chi connectivity index (χ2n) is 7.29. The molecular weight excluding hydrogens is 380 g/mol. The first-order valence-electron chi connectivity index (χ1n) is 9.87. The predicted molar refractivity (Wildman–Crippen MR) is 115 cm³/mol. The molecule has 0 spiro atoms. The van der Waals surface area contributed by atoms with Crippen molar-refractivity contribution in [1.29, 1.82) is 0 Å². The average Bonchev–Trinajstić information content (AvgIpc) is 3.20. The molecule has 0 amide bonds. The zero-order chi connectivity index (χ0) is 21.1. The van der Waals surface area contributed by atoms with E-state index in [0.717, 1.165) is 34.5 Å². The number of aromatic nitrogens is 5. The lowest BCUT2D eigenvalue weighted by Gasteiger charge is -2.09. The molecule has 0 saturated heterocycles. The van der Waals surface area contributed by atoms with Crippen LogP contribution in [0.2, 0.25) is 0 Å². The van der Waals surface area contributed by atoms with Crippen LogP contribution in [0, 0.1) is 0 Å². The molecule has 0 bridgehead atoms. The van der Waals surface area contributed by atoms with Crippen LogP contribution in [0.4, 0.5) is 5.82 Å². The van der Waals surface area contributed by atoms with Crippen molar-refractivity contribution < 1.29 is 14.4 Å². The van der Waals surface area contributed by atoms with Crippen LogP contribution in [0.1, 0.15) is 25.5 Å². The highest BCUT2D eigenvalue weighted by Crippen LogP contribution is 2.27. The standard InChI is InChI=1S/C22H24N6O2/c1-14(2)28-13-25-19-21(24-10-8-15-6-7-17(29)18(11-15)30-3)26-20(27-22(19)28)16-5-4-9-23-12-16/h4-7,9,11-14H,8,10H2,1-3H3,(H2,24,26,27,29)/p+1. The van der Waals surface area contributed by atoms with E-state index in [1.165, 1.54) is 0 Å². The number of nitrogens with zero attached hydrogens (tertiary/aromatic N) is 4. The Bertz CT molecular complexity index is 1160. The summed E-state index contributed by atoms with van der Waals surface area (Å²) >= 11 is 0. The van der Waals surface area contributed by atoms with Gasteiger partial charge in [0.05, 0.1) is 18.7 Å². The minimum atomic E-state index is 0.137. The lowest BCUT2D eigenvalue weighted by atomic mass is 10.1. The maximum atomic E-state index is 9.77. The highest BCUT2D eigenvalue weighted by Gasteiger charge is 2.22. The van der Waals surface area contributed by atoms with Crippen LogP contribution in [-0.4, -0.2) is 38.7 Å². The highest BCUT2D eigenvalue weighted by atomic mass is 16.5. The molecule has 3 N–H and O–H groups in total. The molecule has 0 aliphatic carbocycles. The highest BCUT2D eigenvalue weighted by molar-refractivity contribution is 5.82. The molecule has 30 heavy (non-hydrogen) atoms. The van der Waals surface area contributed by atoms with Gasteiger partial charge in [0, 0.05) is 18.9 Å². The largest absolute Gasteiger partial charge is 0.504 e. The van der Waals surface area contributed by atoms with Gasteiger partial charge in [-0.2, -0.15) is 4.98 Å². The Morgan fingerprint density at radius 1 is 1.23 bits per heavy atom. The molecule has 0 unspecified atom stereocenters. The SMILES string of the molecule is COc1cc(CCNc2nc(-c3cccnc3)nc3c2[nH]c[n+]3C(C)C)ccc1O. The number of aromatic amines is 1. The van der Waals surface area contributed by atoms with Crippen LogP contribution in [0.5, 0.6) is 11.5 Å². The van der Waals surface area contributed by atoms with E-state index >= 15 is 0 Å². The first-order chi connectivity index (χ1) is 14.6. The third-order valence-corrected chi connectivity index (χ3v) is 4.91. The molecule has 4 aromatic rings. The number of nitrogens with one attached hydrogen (secondary N) is 2. The van der Waals surface area contributed by atoms with Gasteiger partial charge in [0.2, 0.25) is 11.3 Å². The van der Waals surface area contributed by atoms with Crippen molar-refractivity contribution >= 4 is 17.0 Å². The molecule has 8 nitrogen and oxygen atoms in total. The lowest BCUT2D eigenvalue weighted by molar-refractivity contribution is -0.692. The first kappa shape index (κ1) is 19.6. The number of H-pyrrole nitrogens is 1. The molecule has 8 heteroatoms. The summed E-state index contributed by atoms with van der Waals surface area (Å²) in [5.74, 6) is 1.97. The summed E-state index contributed by atoms with van der Waals surface area (Å²) in [4.78, 5) is 17.0. The third-order valence-electron chi connectivity index (χ3n) is 4.91. The van der Waals surface area contributed by atoms with Crippen LogP contribution < -0.4 is 14.6 Å². The molecule has 3 aromatic heterocycles. The van der Waals surface area contributed by atoms with Crippen molar-refractivity contribution in [3.63, 3.8) is 0 Å². The summed E-state index contributed by atoms with van der Waals surface area (Å²) < 4.78 is 7.28. The molecule has 3 heterocycles. The Morgan fingerprint density at radius 3 is 2.83 bits per heavy atom. The number of hydrogen-bond donors (Lipinski definition) is 3. The maximum absolute atomic E-state index is 9.77. The number of fused-ring (bicyclic) bond motifs is 1. The maximum Gasteiger partial charge on any atom is 0.308 e. The molecule has 0 aliphatic heterocycles. The van der Waals surface area contributed by atoms with E-state index in [-0.39, 0.29) is 11.8 Å². The van der Waals surface area contributed by atoms with Crippen LogP contribution in [-0.2, 0) is 6.42 Å². The number of imidazole rings is 1. The first-order valence-corrected chi connectivity index (χ1v) is 9.87. The molecule has 4 rings (SSSR count). The zero-order valence-corrected chi connectivity index (χ0v) is 17.3. The minimum absolute atomic E-state index is 0.137. The van der Waals surface area contributed by atoms with Crippen molar-refractivity contribution in [2.75, 3.05) is 19.0 Å². The third kappa shape index (κ3) is 3.89. The number of pyridine rings is 1. The number of phenolic OH excluding ortho intramolecular Hbond substituents is 1. The number of aromatic hydroxyl groups is 1. The Morgan fingerprint density at radius 2 is 2.10 bits per heavy atom. The molecule has 0 saturated carbocycles. The van der Waals surface area contributed by atoms with E-state index in [1.807, 2.05) is 30.6 Å². The van der Waals surface area contributed by atoms with Gasteiger partial charge in [0.1, 0.15) is 0 Å². The summed E-state index contributed by atoms with van der Waals surface area (Å²) in [7, 11) is 1.55. The molecule has 154 valence electrons. The molecule has 0 aliphatic rings. The van der Waals surface area contributed by atoms with Crippen molar-refractivity contribution in [3.8, 4) is 22.9 Å². The fraction of sp³-hybridized carbons (Fsp3) is 0.273. The van der Waals surface area contributed by atoms with Crippen molar-refractivity contribution in [3.05, 3.63) is 54.6 Å². The molecule has 0 fully saturated rings. The molecule has 0 atom stereocenters. The van der Waals surface area contributed by atoms with Gasteiger partial charge in [-0.3, -0.25) is 9.97 Å². The second kappa shape index (κ2) is 8.36. The van der Waals surface area contributed by atoms with Crippen molar-refractivity contribution in [2.24, 2.45) is 0 Å². The quantitative estimate of drug-likeness (QED) is 0.408. The van der Waals surface area contributed by atoms with E-state index in [1.54, 1.807) is 25.6 Å². The lowest BCUT2D eigenvalue weighted by Crippen LogP contribution is -2.35. The van der Waals surface area contributed by atoms with Gasteiger partial charge in [0.25, 0.3) is 0 Å². The van der Waals surface area contributed by atoms with Gasteiger partial charge >= 0.3 is 5.65 Å². The average molecular weight is 405 g/mol. The Labute approximate surface area is 174 Å². The number of phenols is 1. The fourth-order valence-corrected chi connectivity index (χ4v) is 3.31. The van der Waals surface area contributed by atoms with Crippen LogP contribution in [0.15, 0.2) is 49.1 Å². The van der Waals surface area contributed by atoms with Crippen molar-refractivity contribution in [2.45, 2.75) is 26.3 Å². The number of ether oxygens (including phenoxy) is 1. The van der Waals surface area contributed by atoms with Crippen molar-refractivity contribution in [1.82, 2.24) is 19.9 Å². The van der Waals surface area contributed by atoms with E-state index in [0.29, 0.717) is 18.1 Å². The summed E-state index contributed by atoms with van der Waals surface area (Å²) in [6.45, 7) is 4.89. The number of rotatable bonds is 7. The number of methoxy groups -OCH3 is 1. The summed E-state index contributed by atoms with van der Waals surface area (Å²) in [5.41, 5.74) is 3.62. The summed E-state index contributed by atoms with van der Waals surface area (Å²) in [6.07, 6.45) is 6.17. The molecular formula is C22H25N6O2+. The fourth-order valence-electron chi connectivity index (χ4n) is 3.31. The summed E-state index contributed by atoms with van der Waals surface area (Å²) in [5, 5.41) is 13.2. The minimum Gasteiger partial charge on any atom is -0.504 e. The summed E-state index contributed by atoms with van der Waals surface area (Å²) in [6, 6.07) is 9.46. The van der Waals surface area contributed by atoms with Gasteiger partial charge in [0.15, 0.2) is 23.6 Å². The normalized spacial score (nSPS) is 11.2. The van der Waals surface area contributed by atoms with Gasteiger partial charge in [-0.05, 0) is 50.1 Å². The van der Waals surface area contributed by atoms with Crippen LogP contribution in [0.3, 0.4) is 0 Å². The van der Waals surface area contributed by atoms with Crippen LogP contribution >= 0.6 is 0 Å². The predicted octanol–water partition coefficient (Wildman–Crippen LogP) is 3.26. The van der Waals surface area contributed by atoms with Gasteiger partial charge in [-0.1, -0.05) is 11.1 Å². The van der Waals surface area contributed by atoms with E-state index in [4.69, 9.17) is 14.7 Å². The topological polar surface area (TPSA) is 99.8 Å². The Balaban J connectivity index is 1.64. The number of anilines is 1. The van der Waals surface area contributed by atoms with E-state index in [9.17, 15) is 5.11 Å². The Hall–Kier alpha value is -3.68. The molecule has 0 radical (unpaired) electrons. The van der Waals surface area contributed by atoms with E-state index < -0.39 is 0 Å². The smallest absolute Gasteiger partial charge is 0.308 e. The number of hydrogen-bond acceptors (Lipinski definition) is 6. The molecule has 1 aromatic carbocycles. The number of benzene rings is 1. The van der Waals surface area contributed by atoms with Gasteiger partial charge in [-0.25, -0.2) is 4.57 Å². The van der Waals surface area contributed by atoms with E-state index in [2.05, 4.69) is 33.7 Å². The monoisotopic (exact) mass is 405 g/mol. The van der Waals surface area contributed by atoms with Gasteiger partial charge in [-0.15, -0.1) is 0 Å². The van der Waals surface area contributed by atoms with Gasteiger partial charge < -0.3 is 15.2 Å².